The van der Waals surface area contributed by atoms with E-state index in [1.165, 1.54) is 0 Å². The number of hydrogen-bond donors (Lipinski definition) is 1. The molecule has 128 valence electrons. The Hall–Kier alpha value is -2.21. The molecule has 0 spiro atoms. The van der Waals surface area contributed by atoms with Crippen LogP contribution in [0.15, 0.2) is 47.6 Å². The van der Waals surface area contributed by atoms with E-state index in [9.17, 15) is 0 Å². The Morgan fingerprint density at radius 1 is 1.25 bits per heavy atom. The number of para-hydroxylation sites is 1. The first kappa shape index (κ1) is 18.1. The molecule has 2 aromatic rings. The summed E-state index contributed by atoms with van der Waals surface area (Å²) in [6.45, 7) is 5.68. The van der Waals surface area contributed by atoms with E-state index in [4.69, 9.17) is 17.0 Å². The van der Waals surface area contributed by atoms with Gasteiger partial charge >= 0.3 is 0 Å². The van der Waals surface area contributed by atoms with Crippen LogP contribution in [0.2, 0.25) is 0 Å². The molecule has 0 radical (unpaired) electrons. The Kier molecular flexibility index (Phi) is 7.42. The van der Waals surface area contributed by atoms with Gasteiger partial charge in [0.25, 0.3) is 0 Å². The lowest BCUT2D eigenvalue weighted by atomic mass is 10.3. The summed E-state index contributed by atoms with van der Waals surface area (Å²) in [6.07, 6.45) is 4.77. The molecule has 0 saturated carbocycles. The first-order chi connectivity index (χ1) is 11.7. The highest BCUT2D eigenvalue weighted by Crippen LogP contribution is 2.14. The standard InChI is InChI=1S/C18H24N4OS/c1-3-5-12-23-17-13-15(21-18(24)19-11-4-2)14-20-22(17)16-9-7-6-8-10-16/h6-10,13-14H,3-5,11-12H2,1-2H3,(H,19,24). The van der Waals surface area contributed by atoms with E-state index in [0.29, 0.717) is 23.0 Å². The van der Waals surface area contributed by atoms with Gasteiger partial charge in [-0.3, -0.25) is 0 Å². The molecule has 1 heterocycles. The van der Waals surface area contributed by atoms with E-state index in [1.807, 2.05) is 36.4 Å². The van der Waals surface area contributed by atoms with Crippen LogP contribution in [-0.4, -0.2) is 28.0 Å². The number of unbranched alkanes of at least 4 members (excludes halogenated alkanes) is 1. The Labute approximate surface area is 148 Å². The van der Waals surface area contributed by atoms with E-state index < -0.39 is 0 Å². The smallest absolute Gasteiger partial charge is 0.217 e. The zero-order valence-electron chi connectivity index (χ0n) is 14.2. The molecule has 0 aliphatic carbocycles. The molecule has 1 N–H and O–H groups in total. The predicted octanol–water partition coefficient (Wildman–Crippen LogP) is 3.24. The minimum absolute atomic E-state index is 0.468. The van der Waals surface area contributed by atoms with Crippen LogP contribution in [0, 0.1) is 0 Å². The second-order valence-electron chi connectivity index (χ2n) is 5.35. The molecule has 1 aromatic carbocycles. The molecule has 0 fully saturated rings. The van der Waals surface area contributed by atoms with Gasteiger partial charge in [-0.15, -0.1) is 0 Å². The van der Waals surface area contributed by atoms with Crippen LogP contribution in [0.25, 0.3) is 5.69 Å². The maximum absolute atomic E-state index is 5.91. The Morgan fingerprint density at radius 3 is 2.75 bits per heavy atom. The van der Waals surface area contributed by atoms with Crippen LogP contribution in [0.1, 0.15) is 33.1 Å². The molecule has 0 atom stereocenters. The molecule has 24 heavy (non-hydrogen) atoms. The Bertz CT molecular complexity index is 712. The molecule has 2 rings (SSSR count). The zero-order valence-corrected chi connectivity index (χ0v) is 15.1. The van der Waals surface area contributed by atoms with Gasteiger partial charge in [0, 0.05) is 12.6 Å². The molecule has 0 unspecified atom stereocenters. The van der Waals surface area contributed by atoms with E-state index in [2.05, 4.69) is 29.3 Å². The average Bonchev–Trinajstić information content (AvgIpc) is 2.61. The SMILES string of the molecule is CCCCOc1cc(=NC(=S)NCCC)cnn1-c1ccccc1. The Morgan fingerprint density at radius 2 is 2.04 bits per heavy atom. The summed E-state index contributed by atoms with van der Waals surface area (Å²) in [6, 6.07) is 11.8. The Balaban J connectivity index is 2.31. The van der Waals surface area contributed by atoms with Gasteiger partial charge in [-0.2, -0.15) is 5.10 Å². The quantitative estimate of drug-likeness (QED) is 0.619. The van der Waals surface area contributed by atoms with E-state index in [-0.39, 0.29) is 0 Å². The van der Waals surface area contributed by atoms with Crippen molar-refractivity contribution < 1.29 is 4.74 Å². The van der Waals surface area contributed by atoms with Crippen LogP contribution in [-0.2, 0) is 0 Å². The first-order valence-corrected chi connectivity index (χ1v) is 8.75. The van der Waals surface area contributed by atoms with Crippen molar-refractivity contribution in [3.05, 3.63) is 48.0 Å². The van der Waals surface area contributed by atoms with Gasteiger partial charge in [-0.05, 0) is 37.2 Å². The van der Waals surface area contributed by atoms with Gasteiger partial charge < -0.3 is 10.1 Å². The lowest BCUT2D eigenvalue weighted by molar-refractivity contribution is 0.284. The first-order valence-electron chi connectivity index (χ1n) is 8.34. The number of thiocarbonyl (C=S) groups is 1. The largest absolute Gasteiger partial charge is 0.478 e. The van der Waals surface area contributed by atoms with Crippen molar-refractivity contribution in [2.24, 2.45) is 4.99 Å². The molecular weight excluding hydrogens is 320 g/mol. The van der Waals surface area contributed by atoms with Gasteiger partial charge in [-0.25, -0.2) is 9.67 Å². The molecule has 0 saturated heterocycles. The summed E-state index contributed by atoms with van der Waals surface area (Å²) in [5.74, 6) is 0.661. The minimum Gasteiger partial charge on any atom is -0.478 e. The predicted molar refractivity (Wildman–Crippen MR) is 100 cm³/mol. The highest BCUT2D eigenvalue weighted by molar-refractivity contribution is 7.80. The summed E-state index contributed by atoms with van der Waals surface area (Å²) >= 11 is 5.22. The molecule has 5 nitrogen and oxygen atoms in total. The van der Waals surface area contributed by atoms with Crippen molar-refractivity contribution in [1.82, 2.24) is 15.1 Å². The van der Waals surface area contributed by atoms with Crippen molar-refractivity contribution >= 4 is 17.3 Å². The number of rotatable bonds is 7. The monoisotopic (exact) mass is 344 g/mol. The zero-order chi connectivity index (χ0) is 17.2. The van der Waals surface area contributed by atoms with Crippen LogP contribution in [0.3, 0.4) is 0 Å². The molecule has 6 heteroatoms. The third-order valence-electron chi connectivity index (χ3n) is 3.29. The molecular formula is C18H24N4OS. The second-order valence-corrected chi connectivity index (χ2v) is 5.73. The van der Waals surface area contributed by atoms with Crippen LogP contribution in [0.4, 0.5) is 0 Å². The van der Waals surface area contributed by atoms with Crippen molar-refractivity contribution in [3.63, 3.8) is 0 Å². The second kappa shape index (κ2) is 9.82. The number of nitrogens with zero attached hydrogens (tertiary/aromatic N) is 3. The summed E-state index contributed by atoms with van der Waals surface area (Å²) < 4.78 is 7.69. The van der Waals surface area contributed by atoms with Crippen molar-refractivity contribution in [3.8, 4) is 11.6 Å². The summed E-state index contributed by atoms with van der Waals surface area (Å²) in [4.78, 5) is 4.38. The molecule has 0 amide bonds. The summed E-state index contributed by atoms with van der Waals surface area (Å²) in [5, 5.41) is 8.71. The third kappa shape index (κ3) is 5.45. The lowest BCUT2D eigenvalue weighted by Crippen LogP contribution is -2.23. The topological polar surface area (TPSA) is 51.4 Å². The van der Waals surface area contributed by atoms with Crippen molar-refractivity contribution in [2.45, 2.75) is 33.1 Å². The molecule has 1 aromatic heterocycles. The number of ether oxygens (including phenoxy) is 1. The highest BCUT2D eigenvalue weighted by Gasteiger charge is 2.05. The fourth-order valence-corrected chi connectivity index (χ4v) is 2.24. The van der Waals surface area contributed by atoms with Crippen molar-refractivity contribution in [2.75, 3.05) is 13.2 Å². The fraction of sp³-hybridized carbons (Fsp3) is 0.389. The van der Waals surface area contributed by atoms with E-state index >= 15 is 0 Å². The van der Waals surface area contributed by atoms with Crippen LogP contribution in [0.5, 0.6) is 5.88 Å². The number of aromatic nitrogens is 2. The lowest BCUT2D eigenvalue weighted by Gasteiger charge is -2.13. The van der Waals surface area contributed by atoms with Gasteiger partial charge in [0.1, 0.15) is 0 Å². The van der Waals surface area contributed by atoms with Gasteiger partial charge in [0.05, 0.1) is 23.8 Å². The summed E-state index contributed by atoms with van der Waals surface area (Å²) in [7, 11) is 0. The van der Waals surface area contributed by atoms with Gasteiger partial charge in [-0.1, -0.05) is 38.5 Å². The average molecular weight is 344 g/mol. The van der Waals surface area contributed by atoms with Crippen LogP contribution >= 0.6 is 12.2 Å². The third-order valence-corrected chi connectivity index (χ3v) is 3.53. The van der Waals surface area contributed by atoms with Gasteiger partial charge in [0.2, 0.25) is 5.88 Å². The number of hydrogen-bond acceptors (Lipinski definition) is 3. The molecule has 0 bridgehead atoms. The van der Waals surface area contributed by atoms with E-state index in [1.54, 1.807) is 10.9 Å². The molecule has 0 aliphatic heterocycles. The fourth-order valence-electron chi connectivity index (χ4n) is 2.04. The highest BCUT2D eigenvalue weighted by atomic mass is 32.1. The molecule has 0 aliphatic rings. The maximum atomic E-state index is 5.91. The van der Waals surface area contributed by atoms with Crippen molar-refractivity contribution in [1.29, 1.82) is 0 Å². The minimum atomic E-state index is 0.468. The van der Waals surface area contributed by atoms with E-state index in [0.717, 1.165) is 31.5 Å². The number of benzene rings is 1. The maximum Gasteiger partial charge on any atom is 0.217 e. The van der Waals surface area contributed by atoms with Gasteiger partial charge in [0.15, 0.2) is 5.11 Å². The summed E-state index contributed by atoms with van der Waals surface area (Å²) in [5.41, 5.74) is 0.947. The normalized spacial score (nSPS) is 11.3. The van der Waals surface area contributed by atoms with Crippen LogP contribution < -0.4 is 15.4 Å². The number of nitrogens with one attached hydrogen (secondary N) is 1.